The average molecular weight is 409 g/mol. The van der Waals surface area contributed by atoms with Crippen molar-refractivity contribution in [3.8, 4) is 23.0 Å². The van der Waals surface area contributed by atoms with Crippen molar-refractivity contribution < 1.29 is 24.1 Å². The van der Waals surface area contributed by atoms with Crippen molar-refractivity contribution in [1.29, 1.82) is 0 Å². The zero-order valence-electron chi connectivity index (χ0n) is 13.7. The highest BCUT2D eigenvalue weighted by atomic mass is 79.9. The Kier molecular flexibility index (Phi) is 6.64. The van der Waals surface area contributed by atoms with Crippen LogP contribution in [0.3, 0.4) is 0 Å². The number of hydrazone groups is 1. The molecule has 0 saturated carbocycles. The number of ether oxygens (including phenoxy) is 3. The monoisotopic (exact) mass is 408 g/mol. The van der Waals surface area contributed by atoms with Crippen LogP contribution in [0.4, 0.5) is 0 Å². The van der Waals surface area contributed by atoms with Crippen LogP contribution in [0.2, 0.25) is 0 Å². The molecule has 1 amide bonds. The highest BCUT2D eigenvalue weighted by molar-refractivity contribution is 9.10. The first-order valence-corrected chi connectivity index (χ1v) is 7.98. The third-order valence-electron chi connectivity index (χ3n) is 3.11. The van der Waals surface area contributed by atoms with Crippen molar-refractivity contribution >= 4 is 28.1 Å². The lowest BCUT2D eigenvalue weighted by Crippen LogP contribution is -2.24. The Morgan fingerprint density at radius 3 is 2.68 bits per heavy atom. The summed E-state index contributed by atoms with van der Waals surface area (Å²) in [5.74, 6) is 1.02. The summed E-state index contributed by atoms with van der Waals surface area (Å²) in [4.78, 5) is 11.8. The molecule has 7 nitrogen and oxygen atoms in total. The minimum absolute atomic E-state index is 0.00630. The van der Waals surface area contributed by atoms with E-state index in [1.807, 2.05) is 0 Å². The molecule has 0 aromatic heterocycles. The van der Waals surface area contributed by atoms with Gasteiger partial charge < -0.3 is 19.3 Å². The van der Waals surface area contributed by atoms with Crippen LogP contribution in [0, 0.1) is 0 Å². The van der Waals surface area contributed by atoms with Crippen molar-refractivity contribution in [1.82, 2.24) is 5.43 Å². The minimum atomic E-state index is -0.450. The van der Waals surface area contributed by atoms with Gasteiger partial charge in [-0.3, -0.25) is 4.79 Å². The molecule has 2 aromatic rings. The number of hydrogen-bond donors (Lipinski definition) is 2. The third-order valence-corrected chi connectivity index (χ3v) is 3.61. The van der Waals surface area contributed by atoms with E-state index in [0.29, 0.717) is 22.8 Å². The Morgan fingerprint density at radius 1 is 1.20 bits per heavy atom. The minimum Gasteiger partial charge on any atom is -0.507 e. The molecule has 0 aliphatic carbocycles. The molecule has 2 rings (SSSR count). The molecule has 2 N–H and O–H groups in total. The first-order valence-electron chi connectivity index (χ1n) is 7.18. The van der Waals surface area contributed by atoms with E-state index in [1.165, 1.54) is 26.5 Å². The van der Waals surface area contributed by atoms with E-state index in [9.17, 15) is 9.90 Å². The lowest BCUT2D eigenvalue weighted by Gasteiger charge is -2.10. The smallest absolute Gasteiger partial charge is 0.277 e. The first kappa shape index (κ1) is 18.6. The Morgan fingerprint density at radius 2 is 2.00 bits per heavy atom. The molecule has 0 aliphatic rings. The van der Waals surface area contributed by atoms with Gasteiger partial charge in [-0.2, -0.15) is 5.10 Å². The molecule has 0 spiro atoms. The van der Waals surface area contributed by atoms with Gasteiger partial charge in [-0.05, 0) is 30.3 Å². The second-order valence-corrected chi connectivity index (χ2v) is 5.72. The Balaban J connectivity index is 1.89. The molecule has 0 bridgehead atoms. The van der Waals surface area contributed by atoms with Crippen LogP contribution in [0.25, 0.3) is 0 Å². The van der Waals surface area contributed by atoms with Crippen LogP contribution in [0.1, 0.15) is 5.56 Å². The maximum absolute atomic E-state index is 11.8. The number of benzene rings is 2. The molecule has 0 fully saturated rings. The number of amides is 1. The molecule has 0 aliphatic heterocycles. The number of phenolic OH excluding ortho intramolecular Hbond substituents is 1. The fourth-order valence-corrected chi connectivity index (χ4v) is 2.21. The standard InChI is InChI=1S/C17H17BrN2O5/c1-23-13-5-3-11(14(21)8-13)9-19-20-17(22)10-25-15-6-4-12(18)7-16(15)24-2/h3-9,21H,10H2,1-2H3,(H,20,22). The van der Waals surface area contributed by atoms with Gasteiger partial charge in [0.05, 0.1) is 20.4 Å². The number of nitrogens with zero attached hydrogens (tertiary/aromatic N) is 1. The van der Waals surface area contributed by atoms with Crippen molar-refractivity contribution in [2.75, 3.05) is 20.8 Å². The first-order chi connectivity index (χ1) is 12.0. The molecule has 0 saturated heterocycles. The Bertz CT molecular complexity index is 780. The van der Waals surface area contributed by atoms with E-state index >= 15 is 0 Å². The molecule has 0 heterocycles. The molecule has 0 atom stereocenters. The largest absolute Gasteiger partial charge is 0.507 e. The number of nitrogens with one attached hydrogen (secondary N) is 1. The van der Waals surface area contributed by atoms with Gasteiger partial charge in [-0.1, -0.05) is 15.9 Å². The molecule has 2 aromatic carbocycles. The summed E-state index contributed by atoms with van der Waals surface area (Å²) in [5.41, 5.74) is 2.76. The summed E-state index contributed by atoms with van der Waals surface area (Å²) < 4.78 is 16.4. The number of hydrogen-bond acceptors (Lipinski definition) is 6. The summed E-state index contributed by atoms with van der Waals surface area (Å²) in [6.07, 6.45) is 1.33. The molecule has 0 radical (unpaired) electrons. The molecule has 0 unspecified atom stereocenters. The maximum atomic E-state index is 11.8. The lowest BCUT2D eigenvalue weighted by atomic mass is 10.2. The SMILES string of the molecule is COc1ccc(C=NNC(=O)COc2ccc(Br)cc2OC)c(O)c1. The molecule has 8 heteroatoms. The van der Waals surface area contributed by atoms with E-state index in [1.54, 1.807) is 30.3 Å². The second-order valence-electron chi connectivity index (χ2n) is 4.80. The summed E-state index contributed by atoms with van der Waals surface area (Å²) in [6.45, 7) is -0.232. The highest BCUT2D eigenvalue weighted by Gasteiger charge is 2.08. The molecular formula is C17H17BrN2O5. The lowest BCUT2D eigenvalue weighted by molar-refractivity contribution is -0.123. The van der Waals surface area contributed by atoms with Crippen LogP contribution in [-0.4, -0.2) is 38.1 Å². The number of methoxy groups -OCH3 is 2. The van der Waals surface area contributed by atoms with Gasteiger partial charge in [-0.25, -0.2) is 5.43 Å². The summed E-state index contributed by atoms with van der Waals surface area (Å²) in [7, 11) is 3.02. The van der Waals surface area contributed by atoms with Gasteiger partial charge in [0.25, 0.3) is 5.91 Å². The number of carbonyl (C=O) groups excluding carboxylic acids is 1. The van der Waals surface area contributed by atoms with Gasteiger partial charge in [-0.15, -0.1) is 0 Å². The average Bonchev–Trinajstić information content (AvgIpc) is 2.61. The summed E-state index contributed by atoms with van der Waals surface area (Å²) in [5, 5.41) is 13.6. The van der Waals surface area contributed by atoms with Gasteiger partial charge in [0.1, 0.15) is 11.5 Å². The van der Waals surface area contributed by atoms with Crippen molar-refractivity contribution in [3.05, 3.63) is 46.4 Å². The van der Waals surface area contributed by atoms with Gasteiger partial charge >= 0.3 is 0 Å². The maximum Gasteiger partial charge on any atom is 0.277 e. The van der Waals surface area contributed by atoms with Gasteiger partial charge in [0.15, 0.2) is 18.1 Å². The van der Waals surface area contributed by atoms with Crippen LogP contribution in [-0.2, 0) is 4.79 Å². The summed E-state index contributed by atoms with van der Waals surface area (Å²) in [6, 6.07) is 9.94. The fraction of sp³-hybridized carbons (Fsp3) is 0.176. The summed E-state index contributed by atoms with van der Waals surface area (Å²) >= 11 is 3.33. The normalized spacial score (nSPS) is 10.5. The zero-order valence-corrected chi connectivity index (χ0v) is 15.2. The topological polar surface area (TPSA) is 89.4 Å². The number of rotatable bonds is 7. The van der Waals surface area contributed by atoms with Crippen molar-refractivity contribution in [2.45, 2.75) is 0 Å². The second kappa shape index (κ2) is 8.93. The fourth-order valence-electron chi connectivity index (χ4n) is 1.87. The zero-order chi connectivity index (χ0) is 18.2. The van der Waals surface area contributed by atoms with Crippen LogP contribution in [0.5, 0.6) is 23.0 Å². The van der Waals surface area contributed by atoms with Crippen LogP contribution in [0.15, 0.2) is 46.0 Å². The highest BCUT2D eigenvalue weighted by Crippen LogP contribution is 2.30. The molecular weight excluding hydrogens is 392 g/mol. The van der Waals surface area contributed by atoms with E-state index in [-0.39, 0.29) is 12.4 Å². The molecule has 132 valence electrons. The van der Waals surface area contributed by atoms with Gasteiger partial charge in [0.2, 0.25) is 0 Å². The number of aromatic hydroxyl groups is 1. The molecule has 25 heavy (non-hydrogen) atoms. The number of carbonyl (C=O) groups is 1. The third kappa shape index (κ3) is 5.39. The van der Waals surface area contributed by atoms with E-state index < -0.39 is 5.91 Å². The van der Waals surface area contributed by atoms with Crippen molar-refractivity contribution in [2.24, 2.45) is 5.10 Å². The predicted octanol–water partition coefficient (Wildman–Crippen LogP) is 2.70. The van der Waals surface area contributed by atoms with E-state index in [4.69, 9.17) is 14.2 Å². The quantitative estimate of drug-likeness (QED) is 0.542. The number of halogens is 1. The van der Waals surface area contributed by atoms with Crippen LogP contribution < -0.4 is 19.6 Å². The van der Waals surface area contributed by atoms with E-state index in [2.05, 4.69) is 26.5 Å². The van der Waals surface area contributed by atoms with E-state index in [0.717, 1.165) is 4.47 Å². The van der Waals surface area contributed by atoms with Crippen LogP contribution >= 0.6 is 15.9 Å². The van der Waals surface area contributed by atoms with Crippen molar-refractivity contribution in [3.63, 3.8) is 0 Å². The predicted molar refractivity (Wildman–Crippen MR) is 96.6 cm³/mol. The van der Waals surface area contributed by atoms with Gasteiger partial charge in [0, 0.05) is 16.1 Å². The Labute approximate surface area is 153 Å². The number of phenols is 1. The Hall–Kier alpha value is -2.74.